The SMILES string of the molecule is CCOC(=O)[C@H]1C[C@H](O)[C@@H](N=[N+]=[N-])C[C@@H]1NC(=O)OC(C)(C)C. The third kappa shape index (κ3) is 5.96. The monoisotopic (exact) mass is 328 g/mol. The van der Waals surface area contributed by atoms with Gasteiger partial charge in [0, 0.05) is 11.0 Å². The van der Waals surface area contributed by atoms with Crippen LogP contribution in [0.25, 0.3) is 10.4 Å². The highest BCUT2D eigenvalue weighted by atomic mass is 16.6. The van der Waals surface area contributed by atoms with E-state index < -0.39 is 41.8 Å². The first-order valence-corrected chi connectivity index (χ1v) is 7.56. The van der Waals surface area contributed by atoms with E-state index in [0.29, 0.717) is 0 Å². The van der Waals surface area contributed by atoms with Crippen LogP contribution in [0.1, 0.15) is 40.5 Å². The zero-order valence-electron chi connectivity index (χ0n) is 13.9. The van der Waals surface area contributed by atoms with Crippen LogP contribution >= 0.6 is 0 Å². The maximum Gasteiger partial charge on any atom is 0.407 e. The zero-order valence-corrected chi connectivity index (χ0v) is 13.9. The Morgan fingerprint density at radius 2 is 2.04 bits per heavy atom. The maximum atomic E-state index is 12.1. The first kappa shape index (κ1) is 19.1. The minimum Gasteiger partial charge on any atom is -0.466 e. The number of amides is 1. The molecule has 0 aliphatic heterocycles. The summed E-state index contributed by atoms with van der Waals surface area (Å²) in [6.45, 7) is 7.05. The second-order valence-electron chi connectivity index (χ2n) is 6.42. The number of ether oxygens (including phenoxy) is 2. The fourth-order valence-corrected chi connectivity index (χ4v) is 2.48. The van der Waals surface area contributed by atoms with Gasteiger partial charge < -0.3 is 19.9 Å². The number of azide groups is 1. The molecule has 1 rings (SSSR count). The number of aliphatic hydroxyl groups is 1. The molecule has 0 heterocycles. The molecule has 4 atom stereocenters. The summed E-state index contributed by atoms with van der Waals surface area (Å²) < 4.78 is 10.2. The van der Waals surface area contributed by atoms with Crippen LogP contribution in [-0.4, -0.2) is 47.6 Å². The van der Waals surface area contributed by atoms with Gasteiger partial charge in [-0.1, -0.05) is 5.11 Å². The number of hydrogen-bond donors (Lipinski definition) is 2. The largest absolute Gasteiger partial charge is 0.466 e. The quantitative estimate of drug-likeness (QED) is 0.352. The van der Waals surface area contributed by atoms with Crippen LogP contribution < -0.4 is 5.32 Å². The van der Waals surface area contributed by atoms with Crippen molar-refractivity contribution in [1.82, 2.24) is 5.32 Å². The molecule has 9 heteroatoms. The molecule has 1 amide bonds. The minimum absolute atomic E-state index is 0.0446. The van der Waals surface area contributed by atoms with Crippen LogP contribution in [0.2, 0.25) is 0 Å². The second kappa shape index (κ2) is 8.03. The van der Waals surface area contributed by atoms with Crippen LogP contribution in [0.4, 0.5) is 4.79 Å². The van der Waals surface area contributed by atoms with Crippen LogP contribution in [0.15, 0.2) is 5.11 Å². The lowest BCUT2D eigenvalue weighted by molar-refractivity contribution is -0.151. The van der Waals surface area contributed by atoms with Crippen molar-refractivity contribution in [3.05, 3.63) is 10.4 Å². The molecular formula is C14H24N4O5. The highest BCUT2D eigenvalue weighted by Gasteiger charge is 2.41. The number of aliphatic hydroxyl groups excluding tert-OH is 1. The normalized spacial score (nSPS) is 27.5. The van der Waals surface area contributed by atoms with Gasteiger partial charge in [0.15, 0.2) is 0 Å². The van der Waals surface area contributed by atoms with Gasteiger partial charge in [-0.05, 0) is 46.1 Å². The van der Waals surface area contributed by atoms with Crippen molar-refractivity contribution < 1.29 is 24.2 Å². The average Bonchev–Trinajstić information content (AvgIpc) is 2.40. The number of hydrogen-bond acceptors (Lipinski definition) is 6. The Hall–Kier alpha value is -1.99. The highest BCUT2D eigenvalue weighted by molar-refractivity contribution is 5.75. The Labute approximate surface area is 135 Å². The van der Waals surface area contributed by atoms with Crippen molar-refractivity contribution in [2.24, 2.45) is 11.0 Å². The van der Waals surface area contributed by atoms with Crippen molar-refractivity contribution >= 4 is 12.1 Å². The first-order chi connectivity index (χ1) is 10.7. The summed E-state index contributed by atoms with van der Waals surface area (Å²) >= 11 is 0. The molecule has 1 aliphatic carbocycles. The van der Waals surface area contributed by atoms with Crippen molar-refractivity contribution in [2.75, 3.05) is 6.61 Å². The molecule has 9 nitrogen and oxygen atoms in total. The van der Waals surface area contributed by atoms with Crippen molar-refractivity contribution in [2.45, 2.75) is 64.3 Å². The van der Waals surface area contributed by atoms with Gasteiger partial charge >= 0.3 is 12.1 Å². The third-order valence-electron chi connectivity index (χ3n) is 3.41. The average molecular weight is 328 g/mol. The Morgan fingerprint density at radius 3 is 2.57 bits per heavy atom. The van der Waals surface area contributed by atoms with Gasteiger partial charge in [0.25, 0.3) is 0 Å². The summed E-state index contributed by atoms with van der Waals surface area (Å²) in [6.07, 6.45) is -1.46. The van der Waals surface area contributed by atoms with Gasteiger partial charge in [-0.15, -0.1) is 0 Å². The van der Waals surface area contributed by atoms with E-state index >= 15 is 0 Å². The Balaban J connectivity index is 2.87. The van der Waals surface area contributed by atoms with Crippen molar-refractivity contribution in [1.29, 1.82) is 0 Å². The number of carbonyl (C=O) groups is 2. The van der Waals surface area contributed by atoms with E-state index in [1.54, 1.807) is 27.7 Å². The lowest BCUT2D eigenvalue weighted by Gasteiger charge is -2.36. The smallest absolute Gasteiger partial charge is 0.407 e. The molecule has 0 unspecified atom stereocenters. The molecule has 130 valence electrons. The van der Waals surface area contributed by atoms with E-state index in [0.717, 1.165) is 0 Å². The Bertz CT molecular complexity index is 484. The minimum atomic E-state index is -0.961. The number of nitrogens with one attached hydrogen (secondary N) is 1. The number of esters is 1. The summed E-state index contributed by atoms with van der Waals surface area (Å²) in [5, 5.41) is 16.1. The second-order valence-corrected chi connectivity index (χ2v) is 6.42. The van der Waals surface area contributed by atoms with Gasteiger partial charge in [-0.2, -0.15) is 0 Å². The van der Waals surface area contributed by atoms with Crippen molar-refractivity contribution in [3.8, 4) is 0 Å². The first-order valence-electron chi connectivity index (χ1n) is 7.56. The zero-order chi connectivity index (χ0) is 17.6. The fourth-order valence-electron chi connectivity index (χ4n) is 2.48. The third-order valence-corrected chi connectivity index (χ3v) is 3.41. The standard InChI is InChI=1S/C14H24N4O5/c1-5-22-12(20)8-6-11(19)10(17-18-15)7-9(8)16-13(21)23-14(2,3)4/h8-11,19H,5-7H2,1-4H3,(H,16,21)/t8-,9-,10-,11-/m0/s1. The molecule has 1 aliphatic rings. The lowest BCUT2D eigenvalue weighted by atomic mass is 9.80. The van der Waals surface area contributed by atoms with Gasteiger partial charge in [0.05, 0.1) is 24.7 Å². The number of carbonyl (C=O) groups excluding carboxylic acids is 2. The summed E-state index contributed by atoms with van der Waals surface area (Å²) in [4.78, 5) is 26.7. The summed E-state index contributed by atoms with van der Waals surface area (Å²) in [5.74, 6) is -1.23. The Morgan fingerprint density at radius 1 is 1.39 bits per heavy atom. The molecule has 0 aromatic rings. The number of alkyl carbamates (subject to hydrolysis) is 1. The molecule has 0 spiro atoms. The predicted octanol–water partition coefficient (Wildman–Crippen LogP) is 1.89. The molecule has 0 aromatic carbocycles. The molecule has 2 N–H and O–H groups in total. The Kier molecular flexibility index (Phi) is 6.65. The lowest BCUT2D eigenvalue weighted by Crippen LogP contribution is -2.53. The predicted molar refractivity (Wildman–Crippen MR) is 81.5 cm³/mol. The highest BCUT2D eigenvalue weighted by Crippen LogP contribution is 2.29. The fraction of sp³-hybridized carbons (Fsp3) is 0.857. The molecule has 0 aromatic heterocycles. The van der Waals surface area contributed by atoms with Crippen LogP contribution in [0.3, 0.4) is 0 Å². The molecule has 0 bridgehead atoms. The van der Waals surface area contributed by atoms with Gasteiger partial charge in [0.2, 0.25) is 0 Å². The van der Waals surface area contributed by atoms with E-state index in [1.807, 2.05) is 0 Å². The van der Waals surface area contributed by atoms with Crippen LogP contribution in [-0.2, 0) is 14.3 Å². The van der Waals surface area contributed by atoms with Gasteiger partial charge in [-0.3, -0.25) is 4.79 Å². The number of rotatable bonds is 4. The van der Waals surface area contributed by atoms with E-state index in [9.17, 15) is 14.7 Å². The van der Waals surface area contributed by atoms with Crippen LogP contribution in [0, 0.1) is 5.92 Å². The summed E-state index contributed by atoms with van der Waals surface area (Å²) in [7, 11) is 0. The molecular weight excluding hydrogens is 304 g/mol. The maximum absolute atomic E-state index is 12.1. The van der Waals surface area contributed by atoms with Crippen molar-refractivity contribution in [3.63, 3.8) is 0 Å². The van der Waals surface area contributed by atoms with E-state index in [4.69, 9.17) is 15.0 Å². The van der Waals surface area contributed by atoms with E-state index in [2.05, 4.69) is 15.3 Å². The van der Waals surface area contributed by atoms with Gasteiger partial charge in [0.1, 0.15) is 5.60 Å². The van der Waals surface area contributed by atoms with Gasteiger partial charge in [-0.25, -0.2) is 4.79 Å². The number of nitrogens with zero attached hydrogens (tertiary/aromatic N) is 3. The van der Waals surface area contributed by atoms with Crippen LogP contribution in [0.5, 0.6) is 0 Å². The molecule has 1 fully saturated rings. The molecule has 0 radical (unpaired) electrons. The molecule has 1 saturated carbocycles. The molecule has 0 saturated heterocycles. The topological polar surface area (TPSA) is 134 Å². The summed E-state index contributed by atoms with van der Waals surface area (Å²) in [5.41, 5.74) is 7.88. The molecule has 23 heavy (non-hydrogen) atoms. The summed E-state index contributed by atoms with van der Waals surface area (Å²) in [6, 6.07) is -1.35. The van der Waals surface area contributed by atoms with E-state index in [-0.39, 0.29) is 19.4 Å². The van der Waals surface area contributed by atoms with E-state index in [1.165, 1.54) is 0 Å².